The van der Waals surface area contributed by atoms with E-state index in [0.717, 1.165) is 4.47 Å². The van der Waals surface area contributed by atoms with Crippen molar-refractivity contribution in [1.82, 2.24) is 9.80 Å². The van der Waals surface area contributed by atoms with Crippen molar-refractivity contribution in [2.24, 2.45) is 0 Å². The number of benzene rings is 1. The first-order chi connectivity index (χ1) is 9.97. The summed E-state index contributed by atoms with van der Waals surface area (Å²) >= 11 is 3.33. The van der Waals surface area contributed by atoms with Crippen molar-refractivity contribution in [3.8, 4) is 0 Å². The quantitative estimate of drug-likeness (QED) is 0.823. The van der Waals surface area contributed by atoms with Crippen LogP contribution in [0, 0.1) is 0 Å². The maximum atomic E-state index is 11.8. The highest BCUT2D eigenvalue weighted by atomic mass is 79.9. The number of urea groups is 1. The maximum Gasteiger partial charge on any atom is 0.326 e. The molecule has 0 aromatic heterocycles. The van der Waals surface area contributed by atoms with E-state index in [1.165, 1.54) is 9.80 Å². The maximum absolute atomic E-state index is 11.8. The molecule has 112 valence electrons. The lowest BCUT2D eigenvalue weighted by Gasteiger charge is -2.13. The molecule has 0 spiro atoms. The predicted octanol–water partition coefficient (Wildman–Crippen LogP) is 2.06. The van der Waals surface area contributed by atoms with Crippen molar-refractivity contribution < 1.29 is 14.4 Å². The van der Waals surface area contributed by atoms with Gasteiger partial charge in [-0.15, -0.1) is 0 Å². The van der Waals surface area contributed by atoms with Crippen molar-refractivity contribution in [1.29, 1.82) is 0 Å². The smallest absolute Gasteiger partial charge is 0.326 e. The van der Waals surface area contributed by atoms with Crippen molar-refractivity contribution in [3.63, 3.8) is 0 Å². The van der Waals surface area contributed by atoms with Crippen molar-refractivity contribution in [3.05, 3.63) is 28.7 Å². The molecule has 21 heavy (non-hydrogen) atoms. The highest BCUT2D eigenvalue weighted by Crippen LogP contribution is 2.16. The van der Waals surface area contributed by atoms with Gasteiger partial charge in [-0.05, 0) is 24.6 Å². The van der Waals surface area contributed by atoms with E-state index in [-0.39, 0.29) is 37.4 Å². The summed E-state index contributed by atoms with van der Waals surface area (Å²) in [6.45, 7) is 0.386. The number of nitrogens with one attached hydrogen (secondary N) is 1. The first kappa shape index (κ1) is 15.5. The van der Waals surface area contributed by atoms with Crippen LogP contribution in [-0.2, 0) is 9.59 Å². The molecule has 0 radical (unpaired) electrons. The molecule has 2 rings (SSSR count). The molecule has 1 aromatic carbocycles. The Morgan fingerprint density at radius 2 is 2.14 bits per heavy atom. The Balaban J connectivity index is 1.77. The van der Waals surface area contributed by atoms with E-state index < -0.39 is 0 Å². The topological polar surface area (TPSA) is 69.7 Å². The van der Waals surface area contributed by atoms with Gasteiger partial charge in [0.15, 0.2) is 0 Å². The average molecular weight is 354 g/mol. The van der Waals surface area contributed by atoms with E-state index in [1.54, 1.807) is 19.2 Å². The second-order valence-electron chi connectivity index (χ2n) is 4.85. The second-order valence-corrected chi connectivity index (χ2v) is 5.76. The lowest BCUT2D eigenvalue weighted by Crippen LogP contribution is -2.32. The summed E-state index contributed by atoms with van der Waals surface area (Å²) in [7, 11) is 1.58. The van der Waals surface area contributed by atoms with Crippen LogP contribution in [0.15, 0.2) is 28.7 Å². The standard InChI is InChI=1S/C14H16BrN3O3/c1-17-9-13(20)18(14(17)21)7-3-6-12(19)16-11-5-2-4-10(15)8-11/h2,4-5,8H,3,6-7,9H2,1H3,(H,16,19). The van der Waals surface area contributed by atoms with Crippen LogP contribution >= 0.6 is 15.9 Å². The van der Waals surface area contributed by atoms with Gasteiger partial charge in [-0.1, -0.05) is 22.0 Å². The van der Waals surface area contributed by atoms with Gasteiger partial charge in [0.2, 0.25) is 11.8 Å². The van der Waals surface area contributed by atoms with Crippen LogP contribution in [0.2, 0.25) is 0 Å². The highest BCUT2D eigenvalue weighted by molar-refractivity contribution is 9.10. The second kappa shape index (κ2) is 6.71. The molecule has 1 aromatic rings. The minimum absolute atomic E-state index is 0.114. The van der Waals surface area contributed by atoms with Gasteiger partial charge in [0, 0.05) is 30.2 Å². The van der Waals surface area contributed by atoms with Crippen LogP contribution in [0.3, 0.4) is 0 Å². The lowest BCUT2D eigenvalue weighted by atomic mass is 10.2. The fourth-order valence-electron chi connectivity index (χ4n) is 2.08. The Labute approximate surface area is 131 Å². The number of amides is 4. The van der Waals surface area contributed by atoms with Crippen LogP contribution < -0.4 is 5.32 Å². The van der Waals surface area contributed by atoms with E-state index in [2.05, 4.69) is 21.2 Å². The van der Waals surface area contributed by atoms with Gasteiger partial charge >= 0.3 is 6.03 Å². The summed E-state index contributed by atoms with van der Waals surface area (Å²) in [4.78, 5) is 37.6. The molecule has 0 bridgehead atoms. The Bertz CT molecular complexity index is 576. The van der Waals surface area contributed by atoms with E-state index in [0.29, 0.717) is 12.1 Å². The molecule has 0 atom stereocenters. The van der Waals surface area contributed by atoms with Crippen molar-refractivity contribution in [2.75, 3.05) is 25.5 Å². The zero-order valence-corrected chi connectivity index (χ0v) is 13.2. The molecule has 0 saturated carbocycles. The Morgan fingerprint density at radius 3 is 2.76 bits per heavy atom. The monoisotopic (exact) mass is 353 g/mol. The largest absolute Gasteiger partial charge is 0.326 e. The van der Waals surface area contributed by atoms with Gasteiger partial charge in [0.05, 0.1) is 0 Å². The van der Waals surface area contributed by atoms with Gasteiger partial charge in [0.1, 0.15) is 6.54 Å². The fourth-order valence-corrected chi connectivity index (χ4v) is 2.48. The minimum atomic E-state index is -0.299. The summed E-state index contributed by atoms with van der Waals surface area (Å²) in [5.74, 6) is -0.351. The SMILES string of the molecule is CN1CC(=O)N(CCCC(=O)Nc2cccc(Br)c2)C1=O. The molecule has 0 unspecified atom stereocenters. The van der Waals surface area contributed by atoms with Crippen LogP contribution in [-0.4, -0.2) is 47.8 Å². The third kappa shape index (κ3) is 4.04. The number of rotatable bonds is 5. The number of hydrogen-bond acceptors (Lipinski definition) is 3. The minimum Gasteiger partial charge on any atom is -0.326 e. The Morgan fingerprint density at radius 1 is 1.38 bits per heavy atom. The van der Waals surface area contributed by atoms with Gasteiger partial charge in [-0.25, -0.2) is 4.79 Å². The zero-order valence-electron chi connectivity index (χ0n) is 11.6. The van der Waals surface area contributed by atoms with Gasteiger partial charge in [-0.2, -0.15) is 0 Å². The zero-order chi connectivity index (χ0) is 15.4. The van der Waals surface area contributed by atoms with Gasteiger partial charge in [-0.3, -0.25) is 14.5 Å². The number of hydrogen-bond donors (Lipinski definition) is 1. The molecular formula is C14H16BrN3O3. The van der Waals surface area contributed by atoms with Crippen LogP contribution in [0.25, 0.3) is 0 Å². The van der Waals surface area contributed by atoms with E-state index in [1.807, 2.05) is 12.1 Å². The number of likely N-dealkylation sites (N-methyl/N-ethyl adjacent to an activating group) is 1. The summed E-state index contributed by atoms with van der Waals surface area (Å²) in [5, 5.41) is 2.77. The third-order valence-electron chi connectivity index (χ3n) is 3.12. The number of anilines is 1. The Kier molecular flexibility index (Phi) is 4.95. The normalized spacial score (nSPS) is 14.8. The first-order valence-corrected chi connectivity index (χ1v) is 7.37. The number of carbonyl (C=O) groups is 3. The first-order valence-electron chi connectivity index (χ1n) is 6.58. The van der Waals surface area contributed by atoms with Crippen LogP contribution in [0.1, 0.15) is 12.8 Å². The number of halogens is 1. The molecule has 6 nitrogen and oxygen atoms in total. The van der Waals surface area contributed by atoms with E-state index in [9.17, 15) is 14.4 Å². The molecule has 1 N–H and O–H groups in total. The summed E-state index contributed by atoms with van der Waals surface area (Å²) < 4.78 is 0.886. The molecule has 1 aliphatic rings. The van der Waals surface area contributed by atoms with Crippen molar-refractivity contribution in [2.45, 2.75) is 12.8 Å². The van der Waals surface area contributed by atoms with Crippen LogP contribution in [0.4, 0.5) is 10.5 Å². The lowest BCUT2D eigenvalue weighted by molar-refractivity contribution is -0.125. The summed E-state index contributed by atoms with van der Waals surface area (Å²) in [5.41, 5.74) is 0.711. The molecule has 1 aliphatic heterocycles. The summed E-state index contributed by atoms with van der Waals surface area (Å²) in [6.07, 6.45) is 0.707. The molecule has 1 heterocycles. The predicted molar refractivity (Wildman–Crippen MR) is 81.7 cm³/mol. The van der Waals surface area contributed by atoms with Crippen molar-refractivity contribution >= 4 is 39.5 Å². The van der Waals surface area contributed by atoms with Gasteiger partial charge < -0.3 is 10.2 Å². The van der Waals surface area contributed by atoms with Gasteiger partial charge in [0.25, 0.3) is 0 Å². The molecule has 4 amide bonds. The molecule has 1 saturated heterocycles. The third-order valence-corrected chi connectivity index (χ3v) is 3.62. The fraction of sp³-hybridized carbons (Fsp3) is 0.357. The average Bonchev–Trinajstić information content (AvgIpc) is 2.65. The summed E-state index contributed by atoms with van der Waals surface area (Å²) in [6, 6.07) is 7.01. The molecule has 1 fully saturated rings. The molecule has 7 heteroatoms. The number of nitrogens with zero attached hydrogens (tertiary/aromatic N) is 2. The number of carbonyl (C=O) groups excluding carboxylic acids is 3. The Hall–Kier alpha value is -1.89. The molecular weight excluding hydrogens is 338 g/mol. The van der Waals surface area contributed by atoms with E-state index in [4.69, 9.17) is 0 Å². The molecule has 0 aliphatic carbocycles. The number of imide groups is 1. The van der Waals surface area contributed by atoms with E-state index >= 15 is 0 Å². The van der Waals surface area contributed by atoms with Crippen LogP contribution in [0.5, 0.6) is 0 Å². The highest BCUT2D eigenvalue weighted by Gasteiger charge is 2.32.